The van der Waals surface area contributed by atoms with Crippen molar-refractivity contribution in [3.63, 3.8) is 0 Å². The van der Waals surface area contributed by atoms with Crippen molar-refractivity contribution in [3.05, 3.63) is 29.8 Å². The molecule has 1 aromatic rings. The smallest absolute Gasteiger partial charge is 0.115 e. The Balaban J connectivity index is 1.99. The zero-order chi connectivity index (χ0) is 10.7. The first-order valence-corrected chi connectivity index (χ1v) is 5.31. The van der Waals surface area contributed by atoms with Crippen molar-refractivity contribution in [2.75, 3.05) is 20.2 Å². The number of benzene rings is 1. The topological polar surface area (TPSA) is 41.5 Å². The number of nitrogens with one attached hydrogen (secondary N) is 1. The van der Waals surface area contributed by atoms with E-state index in [0.29, 0.717) is 17.8 Å². The summed E-state index contributed by atoms with van der Waals surface area (Å²) in [5.41, 5.74) is 1.25. The molecule has 1 saturated heterocycles. The lowest BCUT2D eigenvalue weighted by atomic mass is 9.96. The van der Waals surface area contributed by atoms with Gasteiger partial charge < -0.3 is 15.2 Å². The summed E-state index contributed by atoms with van der Waals surface area (Å²) in [7, 11) is 1.77. The highest BCUT2D eigenvalue weighted by Crippen LogP contribution is 2.19. The summed E-state index contributed by atoms with van der Waals surface area (Å²) in [5.74, 6) is 0.867. The van der Waals surface area contributed by atoms with E-state index < -0.39 is 0 Å². The average Bonchev–Trinajstić information content (AvgIpc) is 2.69. The predicted molar refractivity (Wildman–Crippen MR) is 59.0 cm³/mol. The van der Waals surface area contributed by atoms with E-state index in [1.165, 1.54) is 5.56 Å². The zero-order valence-electron chi connectivity index (χ0n) is 8.94. The number of hydrogen-bond acceptors (Lipinski definition) is 3. The molecular weight excluding hydrogens is 190 g/mol. The number of phenols is 1. The number of methoxy groups -OCH3 is 1. The van der Waals surface area contributed by atoms with Gasteiger partial charge in [-0.25, -0.2) is 0 Å². The second-order valence-corrected chi connectivity index (χ2v) is 4.06. The molecule has 82 valence electrons. The molecule has 0 radical (unpaired) electrons. The Morgan fingerprint density at radius 2 is 2.07 bits per heavy atom. The van der Waals surface area contributed by atoms with Crippen molar-refractivity contribution in [2.45, 2.75) is 12.5 Å². The van der Waals surface area contributed by atoms with Gasteiger partial charge in [0.2, 0.25) is 0 Å². The maximum atomic E-state index is 9.18. The molecule has 0 saturated carbocycles. The number of aromatic hydroxyl groups is 1. The molecular formula is C12H17NO2. The Morgan fingerprint density at radius 3 is 2.73 bits per heavy atom. The second kappa shape index (κ2) is 4.64. The van der Waals surface area contributed by atoms with Gasteiger partial charge in [-0.15, -0.1) is 0 Å². The molecule has 0 bridgehead atoms. The maximum Gasteiger partial charge on any atom is 0.115 e. The summed E-state index contributed by atoms with van der Waals surface area (Å²) < 4.78 is 5.41. The van der Waals surface area contributed by atoms with Crippen LogP contribution in [-0.4, -0.2) is 31.4 Å². The maximum absolute atomic E-state index is 9.18. The summed E-state index contributed by atoms with van der Waals surface area (Å²) in [6.45, 7) is 1.96. The molecule has 1 aliphatic rings. The predicted octanol–water partition coefficient (Wildman–Crippen LogP) is 1.17. The van der Waals surface area contributed by atoms with Gasteiger partial charge in [0.25, 0.3) is 0 Å². The van der Waals surface area contributed by atoms with E-state index in [1.54, 1.807) is 19.2 Å². The number of rotatable bonds is 3. The molecule has 0 aromatic heterocycles. The lowest BCUT2D eigenvalue weighted by Gasteiger charge is -2.16. The van der Waals surface area contributed by atoms with Crippen molar-refractivity contribution in [2.24, 2.45) is 5.92 Å². The van der Waals surface area contributed by atoms with Crippen molar-refractivity contribution in [1.29, 1.82) is 0 Å². The van der Waals surface area contributed by atoms with Crippen LogP contribution in [0.1, 0.15) is 5.56 Å². The van der Waals surface area contributed by atoms with Gasteiger partial charge in [0.1, 0.15) is 5.75 Å². The second-order valence-electron chi connectivity index (χ2n) is 4.06. The van der Waals surface area contributed by atoms with Gasteiger partial charge in [-0.2, -0.15) is 0 Å². The molecule has 1 fully saturated rings. The minimum absolute atomic E-state index is 0.318. The molecule has 2 atom stereocenters. The van der Waals surface area contributed by atoms with E-state index in [1.807, 2.05) is 12.1 Å². The molecule has 0 spiro atoms. The van der Waals surface area contributed by atoms with Crippen LogP contribution in [-0.2, 0) is 11.2 Å². The van der Waals surface area contributed by atoms with E-state index in [9.17, 15) is 5.11 Å². The summed E-state index contributed by atoms with van der Waals surface area (Å²) in [6.07, 6.45) is 1.32. The molecule has 1 heterocycles. The number of hydrogen-bond donors (Lipinski definition) is 2. The van der Waals surface area contributed by atoms with E-state index in [4.69, 9.17) is 4.74 Å². The van der Waals surface area contributed by atoms with Crippen molar-refractivity contribution in [3.8, 4) is 5.75 Å². The van der Waals surface area contributed by atoms with E-state index in [-0.39, 0.29) is 0 Å². The van der Waals surface area contributed by atoms with Crippen LogP contribution in [0, 0.1) is 5.92 Å². The molecule has 2 rings (SSSR count). The van der Waals surface area contributed by atoms with Gasteiger partial charge in [0, 0.05) is 26.1 Å². The first-order chi connectivity index (χ1) is 7.29. The van der Waals surface area contributed by atoms with Gasteiger partial charge in [0.15, 0.2) is 0 Å². The fourth-order valence-corrected chi connectivity index (χ4v) is 2.12. The molecule has 0 aliphatic carbocycles. The third kappa shape index (κ3) is 2.49. The average molecular weight is 207 g/mol. The minimum Gasteiger partial charge on any atom is -0.508 e. The van der Waals surface area contributed by atoms with Crippen molar-refractivity contribution < 1.29 is 9.84 Å². The van der Waals surface area contributed by atoms with Crippen LogP contribution >= 0.6 is 0 Å². The highest BCUT2D eigenvalue weighted by atomic mass is 16.5. The lowest BCUT2D eigenvalue weighted by molar-refractivity contribution is 0.0832. The van der Waals surface area contributed by atoms with Crippen molar-refractivity contribution >= 4 is 0 Å². The van der Waals surface area contributed by atoms with Gasteiger partial charge >= 0.3 is 0 Å². The monoisotopic (exact) mass is 207 g/mol. The van der Waals surface area contributed by atoms with E-state index >= 15 is 0 Å². The van der Waals surface area contributed by atoms with Crippen LogP contribution in [0.15, 0.2) is 24.3 Å². The summed E-state index contributed by atoms with van der Waals surface area (Å²) in [6, 6.07) is 7.42. The van der Waals surface area contributed by atoms with Gasteiger partial charge in [-0.05, 0) is 24.1 Å². The first kappa shape index (κ1) is 10.5. The normalized spacial score (nSPS) is 25.7. The molecule has 0 amide bonds. The molecule has 1 aromatic carbocycles. The molecule has 2 N–H and O–H groups in total. The van der Waals surface area contributed by atoms with Gasteiger partial charge in [0.05, 0.1) is 6.10 Å². The van der Waals surface area contributed by atoms with Crippen LogP contribution in [0.5, 0.6) is 5.75 Å². The summed E-state index contributed by atoms with van der Waals surface area (Å²) in [4.78, 5) is 0. The Labute approximate surface area is 90.1 Å². The lowest BCUT2D eigenvalue weighted by Crippen LogP contribution is -2.22. The SMILES string of the molecule is COC1CNCC1Cc1ccc(O)cc1. The molecule has 2 unspecified atom stereocenters. The third-order valence-corrected chi connectivity index (χ3v) is 3.01. The quantitative estimate of drug-likeness (QED) is 0.781. The highest BCUT2D eigenvalue weighted by Gasteiger charge is 2.26. The van der Waals surface area contributed by atoms with E-state index in [0.717, 1.165) is 19.5 Å². The number of ether oxygens (including phenoxy) is 1. The molecule has 3 nitrogen and oxygen atoms in total. The Bertz CT molecular complexity index is 310. The Hall–Kier alpha value is -1.06. The van der Waals surface area contributed by atoms with Crippen LogP contribution in [0.2, 0.25) is 0 Å². The largest absolute Gasteiger partial charge is 0.508 e. The fraction of sp³-hybridized carbons (Fsp3) is 0.500. The summed E-state index contributed by atoms with van der Waals surface area (Å²) >= 11 is 0. The van der Waals surface area contributed by atoms with Gasteiger partial charge in [-0.3, -0.25) is 0 Å². The fourth-order valence-electron chi connectivity index (χ4n) is 2.12. The minimum atomic E-state index is 0.318. The van der Waals surface area contributed by atoms with Crippen LogP contribution in [0.4, 0.5) is 0 Å². The zero-order valence-corrected chi connectivity index (χ0v) is 8.94. The molecule has 3 heteroatoms. The standard InChI is InChI=1S/C12H17NO2/c1-15-12-8-13-7-10(12)6-9-2-4-11(14)5-3-9/h2-5,10,12-14H,6-8H2,1H3. The van der Waals surface area contributed by atoms with Crippen LogP contribution < -0.4 is 5.32 Å². The molecule has 1 aliphatic heterocycles. The van der Waals surface area contributed by atoms with E-state index in [2.05, 4.69) is 5.32 Å². The molecule has 15 heavy (non-hydrogen) atoms. The third-order valence-electron chi connectivity index (χ3n) is 3.01. The Morgan fingerprint density at radius 1 is 1.33 bits per heavy atom. The van der Waals surface area contributed by atoms with Crippen LogP contribution in [0.3, 0.4) is 0 Å². The first-order valence-electron chi connectivity index (χ1n) is 5.31. The number of phenolic OH excluding ortho intramolecular Hbond substituents is 1. The highest BCUT2D eigenvalue weighted by molar-refractivity contribution is 5.26. The van der Waals surface area contributed by atoms with Crippen molar-refractivity contribution in [1.82, 2.24) is 5.32 Å². The van der Waals surface area contributed by atoms with Crippen LogP contribution in [0.25, 0.3) is 0 Å². The van der Waals surface area contributed by atoms with Gasteiger partial charge in [-0.1, -0.05) is 12.1 Å². The summed E-state index contributed by atoms with van der Waals surface area (Å²) in [5, 5.41) is 12.5. The Kier molecular flexibility index (Phi) is 3.23.